The van der Waals surface area contributed by atoms with Crippen LogP contribution in [-0.4, -0.2) is 30.8 Å². The smallest absolute Gasteiger partial charge is 0.384 e. The van der Waals surface area contributed by atoms with Crippen LogP contribution in [0.1, 0.15) is 0 Å². The molecule has 1 aliphatic rings. The van der Waals surface area contributed by atoms with Crippen LogP contribution in [-0.2, 0) is 9.53 Å². The maximum atomic E-state index is 10.5. The van der Waals surface area contributed by atoms with E-state index in [-0.39, 0.29) is 6.04 Å². The van der Waals surface area contributed by atoms with Gasteiger partial charge in [-0.25, -0.2) is 4.79 Å². The summed E-state index contributed by atoms with van der Waals surface area (Å²) in [5.41, 5.74) is 0. The van der Waals surface area contributed by atoms with Gasteiger partial charge in [0.1, 0.15) is 0 Å². The fraction of sp³-hybridized carbons (Fsp3) is 0.571. The number of carbonyl (C=O) groups excluding carboxylic acids is 1. The molecule has 0 bridgehead atoms. The number of methoxy groups -OCH3 is 1. The van der Waals surface area contributed by atoms with Crippen molar-refractivity contribution in [3.05, 3.63) is 0 Å². The summed E-state index contributed by atoms with van der Waals surface area (Å²) >= 11 is 1.78. The fourth-order valence-corrected chi connectivity index (χ4v) is 1.56. The lowest BCUT2D eigenvalue weighted by Gasteiger charge is -1.95. The van der Waals surface area contributed by atoms with Gasteiger partial charge in [0.2, 0.25) is 0 Å². The molecule has 1 unspecified atom stereocenters. The summed E-state index contributed by atoms with van der Waals surface area (Å²) in [4.78, 5) is 10.5. The number of thioether (sulfide) groups is 1. The van der Waals surface area contributed by atoms with Gasteiger partial charge in [-0.1, -0.05) is 5.92 Å². The van der Waals surface area contributed by atoms with E-state index in [4.69, 9.17) is 0 Å². The predicted molar refractivity (Wildman–Crippen MR) is 44.0 cm³/mol. The third-order valence-electron chi connectivity index (χ3n) is 1.25. The molecular formula is C7H9NO2S. The van der Waals surface area contributed by atoms with Gasteiger partial charge in [0.05, 0.1) is 13.2 Å². The van der Waals surface area contributed by atoms with Crippen molar-refractivity contribution >= 4 is 17.7 Å². The molecule has 4 heteroatoms. The Morgan fingerprint density at radius 1 is 1.82 bits per heavy atom. The van der Waals surface area contributed by atoms with E-state index in [9.17, 15) is 4.79 Å². The molecule has 0 aliphatic carbocycles. The minimum absolute atomic E-state index is 0.152. The highest BCUT2D eigenvalue weighted by Crippen LogP contribution is 2.07. The average molecular weight is 171 g/mol. The van der Waals surface area contributed by atoms with Crippen LogP contribution in [0.4, 0.5) is 0 Å². The van der Waals surface area contributed by atoms with Crippen LogP contribution in [0.15, 0.2) is 0 Å². The van der Waals surface area contributed by atoms with Crippen LogP contribution in [0.5, 0.6) is 0 Å². The van der Waals surface area contributed by atoms with Crippen molar-refractivity contribution in [3.63, 3.8) is 0 Å². The van der Waals surface area contributed by atoms with Crippen molar-refractivity contribution in [3.8, 4) is 11.8 Å². The Morgan fingerprint density at radius 3 is 3.18 bits per heavy atom. The Morgan fingerprint density at radius 2 is 2.64 bits per heavy atom. The molecule has 1 saturated heterocycles. The van der Waals surface area contributed by atoms with Gasteiger partial charge in [-0.05, 0) is 0 Å². The van der Waals surface area contributed by atoms with E-state index in [1.807, 2.05) is 0 Å². The molecule has 0 aromatic carbocycles. The minimum atomic E-state index is -0.469. The van der Waals surface area contributed by atoms with Crippen LogP contribution >= 0.6 is 11.8 Å². The molecule has 1 atom stereocenters. The predicted octanol–water partition coefficient (Wildman–Crippen LogP) is -0.175. The largest absolute Gasteiger partial charge is 0.459 e. The van der Waals surface area contributed by atoms with Gasteiger partial charge in [0.25, 0.3) is 0 Å². The van der Waals surface area contributed by atoms with Crippen molar-refractivity contribution in [2.24, 2.45) is 0 Å². The molecule has 0 aromatic rings. The van der Waals surface area contributed by atoms with Gasteiger partial charge >= 0.3 is 5.97 Å². The molecule has 1 rings (SSSR count). The normalized spacial score (nSPS) is 22.1. The topological polar surface area (TPSA) is 38.3 Å². The highest BCUT2D eigenvalue weighted by molar-refractivity contribution is 7.99. The zero-order chi connectivity index (χ0) is 8.10. The molecule has 3 nitrogen and oxygen atoms in total. The first-order valence-electron chi connectivity index (χ1n) is 3.23. The van der Waals surface area contributed by atoms with Gasteiger partial charge in [-0.3, -0.25) is 5.32 Å². The zero-order valence-corrected chi connectivity index (χ0v) is 7.03. The summed E-state index contributed by atoms with van der Waals surface area (Å²) in [5, 5.41) is 3.12. The van der Waals surface area contributed by atoms with E-state index in [0.29, 0.717) is 0 Å². The van der Waals surface area contributed by atoms with Crippen molar-refractivity contribution in [2.45, 2.75) is 6.04 Å². The lowest BCUT2D eigenvalue weighted by molar-refractivity contribution is -0.133. The Bertz CT molecular complexity index is 200. The molecule has 0 saturated carbocycles. The van der Waals surface area contributed by atoms with E-state index in [0.717, 1.165) is 11.6 Å². The lowest BCUT2D eigenvalue weighted by atomic mass is 10.3. The average Bonchev–Trinajstić information content (AvgIpc) is 2.52. The van der Waals surface area contributed by atoms with Crippen LogP contribution < -0.4 is 5.32 Å². The standard InChI is InChI=1S/C7H9NO2S/c1-10-7(9)3-2-6-4-11-5-8-6/h6,8H,4-5H2,1H3. The Kier molecular flexibility index (Phi) is 3.27. The second-order valence-corrected chi connectivity index (χ2v) is 3.06. The molecule has 0 radical (unpaired) electrons. The number of carbonyl (C=O) groups is 1. The van der Waals surface area contributed by atoms with Crippen LogP contribution in [0.2, 0.25) is 0 Å². The van der Waals surface area contributed by atoms with Crippen molar-refractivity contribution < 1.29 is 9.53 Å². The number of esters is 1. The van der Waals surface area contributed by atoms with Gasteiger partial charge in [0.15, 0.2) is 0 Å². The summed E-state index contributed by atoms with van der Waals surface area (Å²) in [6, 6.07) is 0.152. The van der Waals surface area contributed by atoms with Gasteiger partial charge in [0, 0.05) is 17.6 Å². The number of nitrogens with one attached hydrogen (secondary N) is 1. The summed E-state index contributed by atoms with van der Waals surface area (Å²) < 4.78 is 4.36. The quantitative estimate of drug-likeness (QED) is 0.312. The van der Waals surface area contributed by atoms with E-state index >= 15 is 0 Å². The van der Waals surface area contributed by atoms with E-state index < -0.39 is 5.97 Å². The second kappa shape index (κ2) is 4.27. The summed E-state index contributed by atoms with van der Waals surface area (Å²) in [6.07, 6.45) is 0. The molecule has 0 spiro atoms. The molecule has 60 valence electrons. The molecule has 1 N–H and O–H groups in total. The van der Waals surface area contributed by atoms with Gasteiger partial charge in [-0.15, -0.1) is 11.8 Å². The lowest BCUT2D eigenvalue weighted by Crippen LogP contribution is -2.21. The molecule has 1 heterocycles. The number of ether oxygens (including phenoxy) is 1. The van der Waals surface area contributed by atoms with Crippen molar-refractivity contribution in [1.29, 1.82) is 0 Å². The van der Waals surface area contributed by atoms with E-state index in [1.54, 1.807) is 11.8 Å². The van der Waals surface area contributed by atoms with Crippen LogP contribution in [0.3, 0.4) is 0 Å². The number of hydrogen-bond donors (Lipinski definition) is 1. The van der Waals surface area contributed by atoms with Crippen LogP contribution in [0.25, 0.3) is 0 Å². The second-order valence-electron chi connectivity index (χ2n) is 2.03. The Hall–Kier alpha value is -0.660. The first-order valence-corrected chi connectivity index (χ1v) is 4.39. The Balaban J connectivity index is 2.36. The maximum Gasteiger partial charge on any atom is 0.384 e. The Labute approximate surface area is 69.9 Å². The zero-order valence-electron chi connectivity index (χ0n) is 6.22. The third-order valence-corrected chi connectivity index (χ3v) is 2.19. The van der Waals surface area contributed by atoms with Crippen molar-refractivity contribution in [1.82, 2.24) is 5.32 Å². The molecular weight excluding hydrogens is 162 g/mol. The summed E-state index contributed by atoms with van der Waals surface area (Å²) in [6.45, 7) is 0. The van der Waals surface area contributed by atoms with Crippen LogP contribution in [0, 0.1) is 11.8 Å². The first kappa shape index (κ1) is 8.44. The SMILES string of the molecule is COC(=O)C#CC1CSCN1. The third kappa shape index (κ3) is 2.83. The van der Waals surface area contributed by atoms with E-state index in [2.05, 4.69) is 21.9 Å². The monoisotopic (exact) mass is 171 g/mol. The summed E-state index contributed by atoms with van der Waals surface area (Å²) in [5.74, 6) is 6.56. The number of rotatable bonds is 0. The highest BCUT2D eigenvalue weighted by atomic mass is 32.2. The van der Waals surface area contributed by atoms with Gasteiger partial charge < -0.3 is 4.74 Å². The van der Waals surface area contributed by atoms with Crippen molar-refractivity contribution in [2.75, 3.05) is 18.7 Å². The molecule has 0 amide bonds. The number of hydrogen-bond acceptors (Lipinski definition) is 4. The van der Waals surface area contributed by atoms with E-state index in [1.165, 1.54) is 7.11 Å². The maximum absolute atomic E-state index is 10.5. The minimum Gasteiger partial charge on any atom is -0.459 e. The first-order chi connectivity index (χ1) is 5.33. The van der Waals surface area contributed by atoms with Gasteiger partial charge in [-0.2, -0.15) is 0 Å². The molecule has 1 fully saturated rings. The summed E-state index contributed by atoms with van der Waals surface area (Å²) in [7, 11) is 1.33. The molecule has 11 heavy (non-hydrogen) atoms. The molecule has 1 aliphatic heterocycles. The molecule has 0 aromatic heterocycles. The fourth-order valence-electron chi connectivity index (χ4n) is 0.685. The highest BCUT2D eigenvalue weighted by Gasteiger charge is 2.10.